The topological polar surface area (TPSA) is 50.7 Å². The summed E-state index contributed by atoms with van der Waals surface area (Å²) < 4.78 is 19.7. The van der Waals surface area contributed by atoms with Crippen molar-refractivity contribution in [1.29, 1.82) is 0 Å². The molecule has 3 aromatic carbocycles. The second-order valence-electron chi connectivity index (χ2n) is 6.14. The van der Waals surface area contributed by atoms with E-state index in [-0.39, 0.29) is 17.5 Å². The Labute approximate surface area is 197 Å². The smallest absolute Gasteiger partial charge is 0.250 e. The van der Waals surface area contributed by atoms with Crippen molar-refractivity contribution in [3.8, 4) is 5.75 Å². The maximum atomic E-state index is 13.0. The number of hydrogen-bond donors (Lipinski definition) is 1. The molecule has 0 aliphatic heterocycles. The molecule has 1 amide bonds. The maximum Gasteiger partial charge on any atom is 0.250 e. The molecule has 0 aliphatic rings. The number of hydrazone groups is 1. The van der Waals surface area contributed by atoms with Crippen LogP contribution in [0.2, 0.25) is 5.02 Å². The van der Waals surface area contributed by atoms with E-state index in [1.807, 2.05) is 30.3 Å². The van der Waals surface area contributed by atoms with Gasteiger partial charge in [-0.05, 0) is 88.3 Å². The van der Waals surface area contributed by atoms with E-state index in [2.05, 4.69) is 33.1 Å². The van der Waals surface area contributed by atoms with Gasteiger partial charge in [0.25, 0.3) is 0 Å². The Hall–Kier alpha value is -2.10. The molecule has 0 spiro atoms. The van der Waals surface area contributed by atoms with Gasteiger partial charge >= 0.3 is 0 Å². The van der Waals surface area contributed by atoms with Crippen molar-refractivity contribution < 1.29 is 13.9 Å². The van der Waals surface area contributed by atoms with Crippen LogP contribution in [-0.4, -0.2) is 17.9 Å². The molecule has 0 fully saturated rings. The molecular formula is C22H17ClFIN2O2S. The third-order valence-corrected chi connectivity index (χ3v) is 5.96. The maximum absolute atomic E-state index is 13.0. The summed E-state index contributed by atoms with van der Waals surface area (Å²) in [6.07, 6.45) is 1.58. The van der Waals surface area contributed by atoms with E-state index in [1.54, 1.807) is 30.5 Å². The molecule has 4 nitrogen and oxygen atoms in total. The highest BCUT2D eigenvalue weighted by Crippen LogP contribution is 2.23. The van der Waals surface area contributed by atoms with E-state index >= 15 is 0 Å². The highest BCUT2D eigenvalue weighted by molar-refractivity contribution is 14.1. The molecule has 0 aliphatic carbocycles. The Balaban J connectivity index is 1.47. The van der Waals surface area contributed by atoms with Gasteiger partial charge in [0.15, 0.2) is 0 Å². The van der Waals surface area contributed by atoms with Crippen LogP contribution in [0.5, 0.6) is 5.75 Å². The van der Waals surface area contributed by atoms with Crippen LogP contribution in [-0.2, 0) is 11.4 Å². The Morgan fingerprint density at radius 2 is 1.87 bits per heavy atom. The number of nitrogens with one attached hydrogen (secondary N) is 1. The van der Waals surface area contributed by atoms with Gasteiger partial charge in [0, 0.05) is 9.92 Å². The summed E-state index contributed by atoms with van der Waals surface area (Å²) in [6, 6.07) is 19.1. The van der Waals surface area contributed by atoms with E-state index in [9.17, 15) is 9.18 Å². The zero-order valence-corrected chi connectivity index (χ0v) is 19.4. The van der Waals surface area contributed by atoms with Crippen LogP contribution < -0.4 is 10.2 Å². The molecule has 8 heteroatoms. The van der Waals surface area contributed by atoms with Crippen molar-refractivity contribution in [3.05, 3.63) is 92.3 Å². The minimum atomic E-state index is -0.271. The average Bonchev–Trinajstić information content (AvgIpc) is 2.74. The van der Waals surface area contributed by atoms with Gasteiger partial charge in [-0.1, -0.05) is 23.7 Å². The molecule has 0 saturated carbocycles. The Kier molecular flexibility index (Phi) is 8.53. The molecule has 3 rings (SSSR count). The van der Waals surface area contributed by atoms with Gasteiger partial charge in [-0.3, -0.25) is 4.79 Å². The highest BCUT2D eigenvalue weighted by atomic mass is 127. The third kappa shape index (κ3) is 7.30. The normalized spacial score (nSPS) is 10.9. The van der Waals surface area contributed by atoms with Crippen LogP contribution in [0.25, 0.3) is 0 Å². The molecule has 3 aromatic rings. The van der Waals surface area contributed by atoms with Gasteiger partial charge in [-0.2, -0.15) is 5.10 Å². The molecule has 154 valence electrons. The molecule has 0 aromatic heterocycles. The quantitative estimate of drug-likeness (QED) is 0.163. The molecule has 0 radical (unpaired) electrons. The lowest BCUT2D eigenvalue weighted by atomic mass is 10.2. The second kappa shape index (κ2) is 11.3. The molecule has 0 saturated heterocycles. The molecule has 0 bridgehead atoms. The monoisotopic (exact) mass is 554 g/mol. The van der Waals surface area contributed by atoms with Crippen LogP contribution >= 0.6 is 46.0 Å². The first kappa shape index (κ1) is 22.6. The highest BCUT2D eigenvalue weighted by Gasteiger charge is 2.04. The lowest BCUT2D eigenvalue weighted by Crippen LogP contribution is -2.19. The van der Waals surface area contributed by atoms with Crippen LogP contribution in [0, 0.1) is 9.39 Å². The number of benzene rings is 3. The standard InChI is InChI=1S/C22H17ClFIN2O2S/c23-17-4-8-19(9-5-17)30-14-22(28)27-26-12-16-3-10-21(20(25)11-16)29-13-15-1-6-18(24)7-2-15/h1-12H,13-14H2,(H,27,28)/b26-12-. The van der Waals surface area contributed by atoms with Crippen LogP contribution in [0.3, 0.4) is 0 Å². The summed E-state index contributed by atoms with van der Waals surface area (Å²) in [5, 5.41) is 4.66. The van der Waals surface area contributed by atoms with Gasteiger partial charge in [0.2, 0.25) is 5.91 Å². The summed E-state index contributed by atoms with van der Waals surface area (Å²) in [5.74, 6) is 0.514. The minimum absolute atomic E-state index is 0.194. The van der Waals surface area contributed by atoms with Crippen LogP contribution in [0.1, 0.15) is 11.1 Å². The predicted octanol–water partition coefficient (Wildman–Crippen LogP) is 5.91. The number of halogens is 3. The molecule has 0 unspecified atom stereocenters. The Morgan fingerprint density at radius 3 is 2.57 bits per heavy atom. The number of rotatable bonds is 8. The summed E-state index contributed by atoms with van der Waals surface area (Å²) in [6.45, 7) is 0.352. The Bertz CT molecular complexity index is 1030. The van der Waals surface area contributed by atoms with Crippen molar-refractivity contribution in [2.75, 3.05) is 5.75 Å². The molecule has 1 N–H and O–H groups in total. The lowest BCUT2D eigenvalue weighted by molar-refractivity contribution is -0.118. The summed E-state index contributed by atoms with van der Waals surface area (Å²) in [7, 11) is 0. The number of nitrogens with zero attached hydrogens (tertiary/aromatic N) is 1. The number of ether oxygens (including phenoxy) is 1. The number of carbonyl (C=O) groups excluding carboxylic acids is 1. The van der Waals surface area contributed by atoms with E-state index in [4.69, 9.17) is 16.3 Å². The SMILES string of the molecule is O=C(CSc1ccc(Cl)cc1)N/N=C\c1ccc(OCc2ccc(F)cc2)c(I)c1. The summed E-state index contributed by atoms with van der Waals surface area (Å²) in [5.41, 5.74) is 4.24. The van der Waals surface area contributed by atoms with Crippen molar-refractivity contribution in [1.82, 2.24) is 5.43 Å². The number of hydrogen-bond acceptors (Lipinski definition) is 4. The van der Waals surface area contributed by atoms with Crippen molar-refractivity contribution in [2.45, 2.75) is 11.5 Å². The fourth-order valence-electron chi connectivity index (χ4n) is 2.35. The zero-order chi connectivity index (χ0) is 21.3. The minimum Gasteiger partial charge on any atom is -0.488 e. The fraction of sp³-hybridized carbons (Fsp3) is 0.0909. The van der Waals surface area contributed by atoms with Gasteiger partial charge in [0.1, 0.15) is 18.2 Å². The van der Waals surface area contributed by atoms with E-state index in [1.165, 1.54) is 23.9 Å². The zero-order valence-electron chi connectivity index (χ0n) is 15.6. The first-order chi connectivity index (χ1) is 14.5. The van der Waals surface area contributed by atoms with Crippen molar-refractivity contribution >= 4 is 58.1 Å². The van der Waals surface area contributed by atoms with Crippen LogP contribution in [0.4, 0.5) is 4.39 Å². The lowest BCUT2D eigenvalue weighted by Gasteiger charge is -2.09. The molecule has 30 heavy (non-hydrogen) atoms. The van der Waals surface area contributed by atoms with Crippen molar-refractivity contribution in [2.24, 2.45) is 5.10 Å². The summed E-state index contributed by atoms with van der Waals surface area (Å²) in [4.78, 5) is 12.9. The van der Waals surface area contributed by atoms with Gasteiger partial charge in [-0.25, -0.2) is 9.82 Å². The van der Waals surface area contributed by atoms with E-state index < -0.39 is 0 Å². The van der Waals surface area contributed by atoms with Gasteiger partial charge < -0.3 is 4.74 Å². The van der Waals surface area contributed by atoms with Gasteiger partial charge in [-0.15, -0.1) is 11.8 Å². The predicted molar refractivity (Wildman–Crippen MR) is 128 cm³/mol. The largest absolute Gasteiger partial charge is 0.488 e. The third-order valence-electron chi connectivity index (χ3n) is 3.85. The first-order valence-corrected chi connectivity index (χ1v) is 11.3. The molecular weight excluding hydrogens is 538 g/mol. The van der Waals surface area contributed by atoms with E-state index in [0.717, 1.165) is 25.3 Å². The fourth-order valence-corrected chi connectivity index (χ4v) is 3.86. The number of carbonyl (C=O) groups is 1. The molecule has 0 atom stereocenters. The molecule has 0 heterocycles. The summed E-state index contributed by atoms with van der Waals surface area (Å²) >= 11 is 9.43. The average molecular weight is 555 g/mol. The Morgan fingerprint density at radius 1 is 1.13 bits per heavy atom. The first-order valence-electron chi connectivity index (χ1n) is 8.87. The van der Waals surface area contributed by atoms with Crippen molar-refractivity contribution in [3.63, 3.8) is 0 Å². The number of thioether (sulfide) groups is 1. The number of amides is 1. The van der Waals surface area contributed by atoms with E-state index in [0.29, 0.717) is 11.6 Å². The second-order valence-corrected chi connectivity index (χ2v) is 8.79. The van der Waals surface area contributed by atoms with Crippen LogP contribution in [0.15, 0.2) is 76.7 Å². The van der Waals surface area contributed by atoms with Gasteiger partial charge in [0.05, 0.1) is 15.5 Å².